The van der Waals surface area contributed by atoms with Gasteiger partial charge in [0.15, 0.2) is 0 Å². The molecule has 1 fully saturated rings. The van der Waals surface area contributed by atoms with Crippen LogP contribution < -0.4 is 0 Å². The molecule has 1 heterocycles. The summed E-state index contributed by atoms with van der Waals surface area (Å²) in [6.45, 7) is 5.25. The number of carbonyl (C=O) groups is 1. The minimum atomic E-state index is 0.262. The molecule has 0 radical (unpaired) electrons. The minimum Gasteiger partial charge on any atom is -0.396 e. The van der Waals surface area contributed by atoms with E-state index in [1.54, 1.807) is 0 Å². The Labute approximate surface area is 86.1 Å². The molecule has 0 saturated carbocycles. The average molecular weight is 199 g/mol. The van der Waals surface area contributed by atoms with Crippen LogP contribution in [0.2, 0.25) is 0 Å². The van der Waals surface area contributed by atoms with Crippen LogP contribution in [0.15, 0.2) is 0 Å². The molecule has 3 nitrogen and oxygen atoms in total. The lowest BCUT2D eigenvalue weighted by Crippen LogP contribution is -2.40. The van der Waals surface area contributed by atoms with Gasteiger partial charge in [-0.3, -0.25) is 4.79 Å². The largest absolute Gasteiger partial charge is 0.396 e. The number of aliphatic hydroxyl groups is 1. The third-order valence-corrected chi connectivity index (χ3v) is 2.98. The Balaban J connectivity index is 2.24. The lowest BCUT2D eigenvalue weighted by Gasteiger charge is -2.31. The van der Waals surface area contributed by atoms with Gasteiger partial charge in [-0.25, -0.2) is 0 Å². The normalized spacial score (nSPS) is 24.1. The molecule has 82 valence electrons. The predicted octanol–water partition coefficient (Wildman–Crippen LogP) is 1.06. The highest BCUT2D eigenvalue weighted by molar-refractivity contribution is 5.82. The second-order valence-corrected chi connectivity index (χ2v) is 4.05. The van der Waals surface area contributed by atoms with Crippen LogP contribution in [-0.2, 0) is 4.79 Å². The van der Waals surface area contributed by atoms with Gasteiger partial charge in [-0.05, 0) is 25.8 Å². The Bertz CT molecular complexity index is 182. The van der Waals surface area contributed by atoms with Crippen LogP contribution in [0, 0.1) is 5.92 Å². The summed E-state index contributed by atoms with van der Waals surface area (Å²) >= 11 is 0. The van der Waals surface area contributed by atoms with Gasteiger partial charge in [0.1, 0.15) is 5.78 Å². The molecule has 3 heteroatoms. The van der Waals surface area contributed by atoms with Gasteiger partial charge in [0.05, 0.1) is 0 Å². The van der Waals surface area contributed by atoms with E-state index in [1.807, 2.05) is 0 Å². The number of unbranched alkanes of at least 4 members (excludes halogenated alkanes) is 1. The van der Waals surface area contributed by atoms with Crippen molar-refractivity contribution in [1.82, 2.24) is 4.90 Å². The molecule has 0 aromatic heterocycles. The average Bonchev–Trinajstić information content (AvgIpc) is 2.21. The monoisotopic (exact) mass is 199 g/mol. The molecule has 1 aliphatic rings. The highest BCUT2D eigenvalue weighted by Crippen LogP contribution is 2.16. The highest BCUT2D eigenvalue weighted by Gasteiger charge is 2.24. The second-order valence-electron chi connectivity index (χ2n) is 4.05. The van der Waals surface area contributed by atoms with E-state index in [0.717, 1.165) is 45.3 Å². The molecule has 1 atom stereocenters. The summed E-state index contributed by atoms with van der Waals surface area (Å²) in [7, 11) is 0. The maximum atomic E-state index is 11.4. The van der Waals surface area contributed by atoms with Gasteiger partial charge in [-0.15, -0.1) is 0 Å². The van der Waals surface area contributed by atoms with E-state index in [4.69, 9.17) is 5.11 Å². The van der Waals surface area contributed by atoms with Gasteiger partial charge in [0, 0.05) is 32.0 Å². The third kappa shape index (κ3) is 3.39. The molecule has 1 aliphatic heterocycles. The number of likely N-dealkylation sites (tertiary alicyclic amines) is 1. The Hall–Kier alpha value is -0.410. The first-order chi connectivity index (χ1) is 6.77. The smallest absolute Gasteiger partial charge is 0.138 e. The zero-order chi connectivity index (χ0) is 10.4. The molecule has 1 unspecified atom stereocenters. The minimum absolute atomic E-state index is 0.262. The molecule has 0 aliphatic carbocycles. The summed E-state index contributed by atoms with van der Waals surface area (Å²) in [6.07, 6.45) is 3.61. The number of piperidine rings is 1. The summed E-state index contributed by atoms with van der Waals surface area (Å²) in [4.78, 5) is 13.8. The molecular formula is C11H21NO2. The zero-order valence-electron chi connectivity index (χ0n) is 9.04. The van der Waals surface area contributed by atoms with Crippen LogP contribution in [0.4, 0.5) is 0 Å². The Kier molecular flexibility index (Phi) is 5.12. The first-order valence-corrected chi connectivity index (χ1v) is 5.63. The number of ketones is 1. The zero-order valence-corrected chi connectivity index (χ0v) is 9.04. The van der Waals surface area contributed by atoms with E-state index >= 15 is 0 Å². The Morgan fingerprint density at radius 2 is 2.29 bits per heavy atom. The van der Waals surface area contributed by atoms with Crippen molar-refractivity contribution in [3.8, 4) is 0 Å². The molecule has 0 amide bonds. The first-order valence-electron chi connectivity index (χ1n) is 5.63. The quantitative estimate of drug-likeness (QED) is 0.673. The molecule has 0 bridgehead atoms. The predicted molar refractivity (Wildman–Crippen MR) is 56.2 cm³/mol. The third-order valence-electron chi connectivity index (χ3n) is 2.98. The fourth-order valence-corrected chi connectivity index (χ4v) is 1.98. The number of Topliss-reactive ketones (excluding diaryl/α,β-unsaturated/α-hetero) is 1. The van der Waals surface area contributed by atoms with Gasteiger partial charge >= 0.3 is 0 Å². The number of hydrogen-bond acceptors (Lipinski definition) is 3. The molecule has 0 aromatic carbocycles. The van der Waals surface area contributed by atoms with Gasteiger partial charge in [0.25, 0.3) is 0 Å². The standard InChI is InChI=1S/C11H21NO2/c1-2-10-9-12(6-3-4-8-13)7-5-11(10)14/h10,13H,2-9H2,1H3. The van der Waals surface area contributed by atoms with Crippen LogP contribution in [0.5, 0.6) is 0 Å². The van der Waals surface area contributed by atoms with E-state index in [1.165, 1.54) is 0 Å². The van der Waals surface area contributed by atoms with Crippen molar-refractivity contribution in [1.29, 1.82) is 0 Å². The van der Waals surface area contributed by atoms with Crippen LogP contribution in [0.3, 0.4) is 0 Å². The summed E-state index contributed by atoms with van der Waals surface area (Å²) < 4.78 is 0. The number of nitrogens with zero attached hydrogens (tertiary/aromatic N) is 1. The summed E-state index contributed by atoms with van der Waals surface area (Å²) in [5, 5.41) is 8.66. The van der Waals surface area contributed by atoms with Gasteiger partial charge in [-0.1, -0.05) is 6.92 Å². The van der Waals surface area contributed by atoms with Crippen LogP contribution in [-0.4, -0.2) is 42.0 Å². The Morgan fingerprint density at radius 3 is 2.93 bits per heavy atom. The molecule has 0 spiro atoms. The van der Waals surface area contributed by atoms with Crippen molar-refractivity contribution in [3.05, 3.63) is 0 Å². The fourth-order valence-electron chi connectivity index (χ4n) is 1.98. The second kappa shape index (κ2) is 6.14. The van der Waals surface area contributed by atoms with Crippen molar-refractivity contribution in [3.63, 3.8) is 0 Å². The first kappa shape index (κ1) is 11.7. The van der Waals surface area contributed by atoms with Crippen molar-refractivity contribution in [2.45, 2.75) is 32.6 Å². The molecular weight excluding hydrogens is 178 g/mol. The number of carbonyl (C=O) groups excluding carboxylic acids is 1. The van der Waals surface area contributed by atoms with Crippen molar-refractivity contribution >= 4 is 5.78 Å². The van der Waals surface area contributed by atoms with E-state index in [9.17, 15) is 4.79 Å². The number of hydrogen-bond donors (Lipinski definition) is 1. The van der Waals surface area contributed by atoms with Crippen molar-refractivity contribution in [2.24, 2.45) is 5.92 Å². The molecule has 1 N–H and O–H groups in total. The molecule has 14 heavy (non-hydrogen) atoms. The highest BCUT2D eigenvalue weighted by atomic mass is 16.2. The SMILES string of the molecule is CCC1CN(CCCCO)CCC1=O. The van der Waals surface area contributed by atoms with Crippen LogP contribution in [0.1, 0.15) is 32.6 Å². The maximum absolute atomic E-state index is 11.4. The lowest BCUT2D eigenvalue weighted by atomic mass is 9.94. The lowest BCUT2D eigenvalue weighted by molar-refractivity contribution is -0.126. The van der Waals surface area contributed by atoms with Gasteiger partial charge < -0.3 is 10.0 Å². The maximum Gasteiger partial charge on any atom is 0.138 e. The number of aliphatic hydroxyl groups excluding tert-OH is 1. The molecule has 1 saturated heterocycles. The van der Waals surface area contributed by atoms with E-state index in [0.29, 0.717) is 5.78 Å². The molecule has 1 rings (SSSR count). The van der Waals surface area contributed by atoms with Crippen LogP contribution >= 0.6 is 0 Å². The van der Waals surface area contributed by atoms with Crippen molar-refractivity contribution in [2.75, 3.05) is 26.2 Å². The summed E-state index contributed by atoms with van der Waals surface area (Å²) in [5.41, 5.74) is 0. The summed E-state index contributed by atoms with van der Waals surface area (Å²) in [5.74, 6) is 0.698. The number of rotatable bonds is 5. The fraction of sp³-hybridized carbons (Fsp3) is 0.909. The van der Waals surface area contributed by atoms with E-state index in [-0.39, 0.29) is 12.5 Å². The van der Waals surface area contributed by atoms with Crippen molar-refractivity contribution < 1.29 is 9.90 Å². The summed E-state index contributed by atoms with van der Waals surface area (Å²) in [6, 6.07) is 0. The van der Waals surface area contributed by atoms with E-state index in [2.05, 4.69) is 11.8 Å². The van der Waals surface area contributed by atoms with Crippen LogP contribution in [0.25, 0.3) is 0 Å². The molecule has 0 aromatic rings. The van der Waals surface area contributed by atoms with E-state index < -0.39 is 0 Å². The van der Waals surface area contributed by atoms with Gasteiger partial charge in [0.2, 0.25) is 0 Å². The Morgan fingerprint density at radius 1 is 1.50 bits per heavy atom. The van der Waals surface area contributed by atoms with Gasteiger partial charge in [-0.2, -0.15) is 0 Å². The topological polar surface area (TPSA) is 40.5 Å².